The molecule has 72 valence electrons. The molecule has 0 heteroatoms. The summed E-state index contributed by atoms with van der Waals surface area (Å²) in [5, 5.41) is 0. The fourth-order valence-corrected chi connectivity index (χ4v) is 2.81. The standard InChI is InChI=1S/C12H24/c1-9(2)11(5)12(10(3)4)7-6-8-12/h9-11H,6-8H2,1-5H3. The Kier molecular flexibility index (Phi) is 2.85. The maximum absolute atomic E-state index is 2.45. The molecule has 12 heavy (non-hydrogen) atoms. The van der Waals surface area contributed by atoms with Crippen LogP contribution in [0.3, 0.4) is 0 Å². The Balaban J connectivity index is 2.66. The predicted molar refractivity (Wildman–Crippen MR) is 55.1 cm³/mol. The first-order valence-electron chi connectivity index (χ1n) is 5.50. The van der Waals surface area contributed by atoms with E-state index < -0.39 is 0 Å². The minimum Gasteiger partial charge on any atom is -0.0625 e. The first kappa shape index (κ1) is 10.1. The molecule has 0 bridgehead atoms. The normalized spacial score (nSPS) is 24.2. The molecule has 0 nitrogen and oxygen atoms in total. The monoisotopic (exact) mass is 168 g/mol. The maximum Gasteiger partial charge on any atom is -0.0246 e. The van der Waals surface area contributed by atoms with Crippen LogP contribution < -0.4 is 0 Å². The lowest BCUT2D eigenvalue weighted by Gasteiger charge is -2.51. The average molecular weight is 168 g/mol. The molecule has 0 saturated heterocycles. The molecule has 0 spiro atoms. The summed E-state index contributed by atoms with van der Waals surface area (Å²) in [5.74, 6) is 2.64. The van der Waals surface area contributed by atoms with Gasteiger partial charge in [-0.3, -0.25) is 0 Å². The van der Waals surface area contributed by atoms with Crippen molar-refractivity contribution in [3.63, 3.8) is 0 Å². The zero-order valence-corrected chi connectivity index (χ0v) is 9.35. The second kappa shape index (κ2) is 3.40. The van der Waals surface area contributed by atoms with E-state index in [9.17, 15) is 0 Å². The molecule has 0 amide bonds. The molecule has 0 radical (unpaired) electrons. The zero-order chi connectivity index (χ0) is 9.35. The molecule has 1 rings (SSSR count). The van der Waals surface area contributed by atoms with Crippen LogP contribution in [0.2, 0.25) is 0 Å². The Morgan fingerprint density at radius 3 is 1.50 bits per heavy atom. The van der Waals surface area contributed by atoms with Crippen molar-refractivity contribution in [3.05, 3.63) is 0 Å². The highest BCUT2D eigenvalue weighted by Gasteiger charge is 2.44. The number of hydrogen-bond donors (Lipinski definition) is 0. The fourth-order valence-electron chi connectivity index (χ4n) is 2.81. The van der Waals surface area contributed by atoms with Crippen molar-refractivity contribution < 1.29 is 0 Å². The molecule has 0 aromatic carbocycles. The first-order valence-corrected chi connectivity index (χ1v) is 5.50. The second-order valence-corrected chi connectivity index (χ2v) is 5.27. The van der Waals surface area contributed by atoms with E-state index in [0.717, 1.165) is 17.8 Å². The van der Waals surface area contributed by atoms with Gasteiger partial charge in [0.2, 0.25) is 0 Å². The Labute approximate surface area is 77.7 Å². The molecule has 1 aliphatic rings. The summed E-state index contributed by atoms with van der Waals surface area (Å²) < 4.78 is 0. The summed E-state index contributed by atoms with van der Waals surface area (Å²) in [6.45, 7) is 12.0. The van der Waals surface area contributed by atoms with Gasteiger partial charge in [-0.05, 0) is 36.0 Å². The van der Waals surface area contributed by atoms with Gasteiger partial charge in [0.25, 0.3) is 0 Å². The second-order valence-electron chi connectivity index (χ2n) is 5.27. The lowest BCUT2D eigenvalue weighted by molar-refractivity contribution is -0.0162. The molecule has 0 heterocycles. The highest BCUT2D eigenvalue weighted by Crippen LogP contribution is 2.54. The van der Waals surface area contributed by atoms with Gasteiger partial charge in [-0.25, -0.2) is 0 Å². The van der Waals surface area contributed by atoms with Gasteiger partial charge in [0.05, 0.1) is 0 Å². The van der Waals surface area contributed by atoms with Crippen molar-refractivity contribution >= 4 is 0 Å². The van der Waals surface area contributed by atoms with Crippen LogP contribution in [0.1, 0.15) is 53.9 Å². The summed E-state index contributed by atoms with van der Waals surface area (Å²) in [6.07, 6.45) is 4.42. The SMILES string of the molecule is CC(C)C(C)C1(C(C)C)CCC1. The predicted octanol–water partition coefficient (Wildman–Crippen LogP) is 4.10. The maximum atomic E-state index is 2.45. The largest absolute Gasteiger partial charge is 0.0625 e. The summed E-state index contributed by atoms with van der Waals surface area (Å²) in [7, 11) is 0. The Bertz CT molecular complexity index is 140. The molecule has 1 unspecified atom stereocenters. The van der Waals surface area contributed by atoms with Crippen molar-refractivity contribution in [1.29, 1.82) is 0 Å². The topological polar surface area (TPSA) is 0 Å². The van der Waals surface area contributed by atoms with Gasteiger partial charge in [0.1, 0.15) is 0 Å². The van der Waals surface area contributed by atoms with Crippen LogP contribution in [-0.4, -0.2) is 0 Å². The van der Waals surface area contributed by atoms with Gasteiger partial charge in [-0.15, -0.1) is 0 Å². The first-order chi connectivity index (χ1) is 5.50. The fraction of sp³-hybridized carbons (Fsp3) is 1.00. The van der Waals surface area contributed by atoms with Crippen LogP contribution in [0.25, 0.3) is 0 Å². The van der Waals surface area contributed by atoms with E-state index in [1.165, 1.54) is 19.3 Å². The smallest absolute Gasteiger partial charge is 0.0246 e. The summed E-state index contributed by atoms with van der Waals surface area (Å²) in [4.78, 5) is 0. The zero-order valence-electron chi connectivity index (χ0n) is 9.35. The van der Waals surface area contributed by atoms with Crippen LogP contribution >= 0.6 is 0 Å². The quantitative estimate of drug-likeness (QED) is 0.595. The summed E-state index contributed by atoms with van der Waals surface area (Å²) in [6, 6.07) is 0. The van der Waals surface area contributed by atoms with E-state index in [4.69, 9.17) is 0 Å². The highest BCUT2D eigenvalue weighted by molar-refractivity contribution is 4.94. The van der Waals surface area contributed by atoms with Crippen LogP contribution in [-0.2, 0) is 0 Å². The summed E-state index contributed by atoms with van der Waals surface area (Å²) >= 11 is 0. The third kappa shape index (κ3) is 1.41. The van der Waals surface area contributed by atoms with Gasteiger partial charge < -0.3 is 0 Å². The van der Waals surface area contributed by atoms with Crippen molar-refractivity contribution in [1.82, 2.24) is 0 Å². The van der Waals surface area contributed by atoms with Crippen LogP contribution in [0.4, 0.5) is 0 Å². The molecule has 0 aliphatic heterocycles. The van der Waals surface area contributed by atoms with Gasteiger partial charge >= 0.3 is 0 Å². The Hall–Kier alpha value is 0. The highest BCUT2D eigenvalue weighted by atomic mass is 14.5. The van der Waals surface area contributed by atoms with E-state index >= 15 is 0 Å². The molecule has 0 aromatic heterocycles. The van der Waals surface area contributed by atoms with Gasteiger partial charge in [0.15, 0.2) is 0 Å². The summed E-state index contributed by atoms with van der Waals surface area (Å²) in [5.41, 5.74) is 0.703. The molecular formula is C12H24. The molecule has 1 aliphatic carbocycles. The molecule has 0 aromatic rings. The van der Waals surface area contributed by atoms with E-state index in [0.29, 0.717) is 5.41 Å². The van der Waals surface area contributed by atoms with Crippen LogP contribution in [0, 0.1) is 23.2 Å². The number of hydrogen-bond acceptors (Lipinski definition) is 0. The van der Waals surface area contributed by atoms with E-state index in [1.54, 1.807) is 0 Å². The molecule has 1 saturated carbocycles. The minimum absolute atomic E-state index is 0.703. The minimum atomic E-state index is 0.703. The lowest BCUT2D eigenvalue weighted by atomic mass is 9.54. The number of rotatable bonds is 3. The van der Waals surface area contributed by atoms with Crippen molar-refractivity contribution in [2.45, 2.75) is 53.9 Å². The Morgan fingerprint density at radius 1 is 0.917 bits per heavy atom. The third-order valence-electron chi connectivity index (χ3n) is 4.34. The molecule has 1 atom stereocenters. The Morgan fingerprint density at radius 2 is 1.42 bits per heavy atom. The van der Waals surface area contributed by atoms with Gasteiger partial charge in [0, 0.05) is 0 Å². The van der Waals surface area contributed by atoms with Crippen molar-refractivity contribution in [2.75, 3.05) is 0 Å². The van der Waals surface area contributed by atoms with Gasteiger partial charge in [-0.1, -0.05) is 41.0 Å². The van der Waals surface area contributed by atoms with E-state index in [2.05, 4.69) is 34.6 Å². The molecule has 1 fully saturated rings. The van der Waals surface area contributed by atoms with E-state index in [-0.39, 0.29) is 0 Å². The van der Waals surface area contributed by atoms with Crippen molar-refractivity contribution in [2.24, 2.45) is 23.2 Å². The molecule has 0 N–H and O–H groups in total. The van der Waals surface area contributed by atoms with Crippen LogP contribution in [0.15, 0.2) is 0 Å². The van der Waals surface area contributed by atoms with Crippen LogP contribution in [0.5, 0.6) is 0 Å². The van der Waals surface area contributed by atoms with E-state index in [1.807, 2.05) is 0 Å². The molecular weight excluding hydrogens is 144 g/mol. The third-order valence-corrected chi connectivity index (χ3v) is 4.34. The van der Waals surface area contributed by atoms with Gasteiger partial charge in [-0.2, -0.15) is 0 Å². The van der Waals surface area contributed by atoms with Crippen molar-refractivity contribution in [3.8, 4) is 0 Å². The lowest BCUT2D eigenvalue weighted by Crippen LogP contribution is -2.42. The average Bonchev–Trinajstić information content (AvgIpc) is 1.83.